The van der Waals surface area contributed by atoms with Gasteiger partial charge in [0, 0.05) is 12.7 Å². The highest BCUT2D eigenvalue weighted by Gasteiger charge is 2.25. The van der Waals surface area contributed by atoms with Crippen LogP contribution in [0, 0.1) is 10.1 Å². The van der Waals surface area contributed by atoms with Crippen molar-refractivity contribution in [3.63, 3.8) is 0 Å². The Morgan fingerprint density at radius 1 is 1.40 bits per heavy atom. The molecular weight excluding hydrogens is 307 g/mol. The van der Waals surface area contributed by atoms with Crippen LogP contribution in [0.3, 0.4) is 0 Å². The lowest BCUT2D eigenvalue weighted by Crippen LogP contribution is -2.17. The van der Waals surface area contributed by atoms with Gasteiger partial charge in [-0.25, -0.2) is 0 Å². The van der Waals surface area contributed by atoms with Gasteiger partial charge in [0.05, 0.1) is 15.0 Å². The van der Waals surface area contributed by atoms with Crippen molar-refractivity contribution in [1.29, 1.82) is 0 Å². The van der Waals surface area contributed by atoms with Crippen LogP contribution in [-0.4, -0.2) is 20.6 Å². The van der Waals surface area contributed by atoms with Crippen molar-refractivity contribution in [2.45, 2.75) is 0 Å². The summed E-state index contributed by atoms with van der Waals surface area (Å²) < 4.78 is 1.13. The quantitative estimate of drug-likeness (QED) is 0.696. The van der Waals surface area contributed by atoms with E-state index in [1.54, 1.807) is 0 Å². The van der Waals surface area contributed by atoms with Crippen LogP contribution in [0.2, 0.25) is 10.0 Å². The molecule has 0 radical (unpaired) electrons. The Morgan fingerprint density at radius 3 is 2.70 bits per heavy atom. The molecule has 1 heterocycles. The molecule has 9 heteroatoms. The van der Waals surface area contributed by atoms with Gasteiger partial charge >= 0.3 is 5.69 Å². The highest BCUT2D eigenvalue weighted by atomic mass is 35.5. The number of anilines is 1. The van der Waals surface area contributed by atoms with E-state index in [9.17, 15) is 14.9 Å². The van der Waals surface area contributed by atoms with Crippen molar-refractivity contribution in [2.24, 2.45) is 7.05 Å². The number of benzene rings is 1. The third kappa shape index (κ3) is 2.73. The van der Waals surface area contributed by atoms with Crippen LogP contribution in [0.25, 0.3) is 0 Å². The predicted molar refractivity (Wildman–Crippen MR) is 74.3 cm³/mol. The Morgan fingerprint density at radius 2 is 2.10 bits per heavy atom. The van der Waals surface area contributed by atoms with Crippen LogP contribution < -0.4 is 5.32 Å². The average Bonchev–Trinajstić information content (AvgIpc) is 2.76. The first kappa shape index (κ1) is 14.3. The monoisotopic (exact) mass is 314 g/mol. The van der Waals surface area contributed by atoms with E-state index in [1.165, 1.54) is 25.2 Å². The van der Waals surface area contributed by atoms with E-state index in [2.05, 4.69) is 10.4 Å². The fraction of sp³-hybridized carbons (Fsp3) is 0.0909. The van der Waals surface area contributed by atoms with E-state index in [0.29, 0.717) is 10.7 Å². The number of aryl methyl sites for hydroxylation is 1. The van der Waals surface area contributed by atoms with Crippen molar-refractivity contribution in [1.82, 2.24) is 9.78 Å². The molecule has 0 aliphatic carbocycles. The minimum atomic E-state index is -0.670. The molecular formula is C11H8Cl2N4O3. The van der Waals surface area contributed by atoms with Crippen molar-refractivity contribution in [2.75, 3.05) is 5.32 Å². The molecule has 1 aromatic carbocycles. The summed E-state index contributed by atoms with van der Waals surface area (Å²) in [5.41, 5.74) is -0.147. The molecule has 0 spiro atoms. The minimum Gasteiger partial charge on any atom is -0.320 e. The van der Waals surface area contributed by atoms with Crippen LogP contribution in [0.5, 0.6) is 0 Å². The second-order valence-corrected chi connectivity index (χ2v) is 4.66. The van der Waals surface area contributed by atoms with Crippen LogP contribution in [0.1, 0.15) is 10.5 Å². The molecule has 7 nitrogen and oxygen atoms in total. The first-order valence-corrected chi connectivity index (χ1v) is 6.08. The molecule has 2 rings (SSSR count). The minimum absolute atomic E-state index is 0.152. The number of nitrogens with zero attached hydrogens (tertiary/aromatic N) is 3. The molecule has 2 aromatic rings. The molecule has 0 saturated carbocycles. The standard InChI is InChI=1S/C11H8Cl2N4O3/c1-16-10(9(5-14-16)17(19)20)11(18)15-6-2-3-7(12)8(13)4-6/h2-5H,1H3,(H,15,18). The molecule has 0 aliphatic heterocycles. The van der Waals surface area contributed by atoms with Crippen molar-refractivity contribution >= 4 is 40.5 Å². The lowest BCUT2D eigenvalue weighted by atomic mass is 10.3. The molecule has 0 aliphatic rings. The summed E-state index contributed by atoms with van der Waals surface area (Å²) in [6, 6.07) is 4.50. The zero-order valence-corrected chi connectivity index (χ0v) is 11.6. The Kier molecular flexibility index (Phi) is 3.91. The van der Waals surface area contributed by atoms with Gasteiger partial charge in [-0.2, -0.15) is 5.10 Å². The summed E-state index contributed by atoms with van der Waals surface area (Å²) in [6.07, 6.45) is 1.02. The lowest BCUT2D eigenvalue weighted by Gasteiger charge is -2.06. The number of halogens is 2. The number of hydrogen-bond acceptors (Lipinski definition) is 4. The summed E-state index contributed by atoms with van der Waals surface area (Å²) in [5.74, 6) is -0.657. The third-order valence-electron chi connectivity index (χ3n) is 2.51. The van der Waals surface area contributed by atoms with E-state index >= 15 is 0 Å². The van der Waals surface area contributed by atoms with Gasteiger partial charge in [0.1, 0.15) is 6.20 Å². The molecule has 20 heavy (non-hydrogen) atoms. The van der Waals surface area contributed by atoms with Gasteiger partial charge in [0.2, 0.25) is 5.69 Å². The Bertz CT molecular complexity index is 699. The van der Waals surface area contributed by atoms with E-state index < -0.39 is 10.8 Å². The fourth-order valence-electron chi connectivity index (χ4n) is 1.59. The SMILES string of the molecule is Cn1ncc([N+](=O)[O-])c1C(=O)Nc1ccc(Cl)c(Cl)c1. The first-order chi connectivity index (χ1) is 9.40. The average molecular weight is 315 g/mol. The summed E-state index contributed by atoms with van der Waals surface area (Å²) in [4.78, 5) is 22.2. The summed E-state index contributed by atoms with van der Waals surface area (Å²) in [7, 11) is 1.44. The van der Waals surface area contributed by atoms with E-state index in [0.717, 1.165) is 10.9 Å². The number of nitro groups is 1. The van der Waals surface area contributed by atoms with Crippen molar-refractivity contribution < 1.29 is 9.72 Å². The number of rotatable bonds is 3. The van der Waals surface area contributed by atoms with Crippen molar-refractivity contribution in [3.8, 4) is 0 Å². The molecule has 0 saturated heterocycles. The van der Waals surface area contributed by atoms with Gasteiger partial charge in [-0.05, 0) is 18.2 Å². The Balaban J connectivity index is 2.30. The molecule has 104 valence electrons. The van der Waals surface area contributed by atoms with Gasteiger partial charge in [0.15, 0.2) is 0 Å². The zero-order chi connectivity index (χ0) is 14.9. The topological polar surface area (TPSA) is 90.1 Å². The van der Waals surface area contributed by atoms with E-state index in [4.69, 9.17) is 23.2 Å². The highest BCUT2D eigenvalue weighted by Crippen LogP contribution is 2.26. The number of hydrogen-bond donors (Lipinski definition) is 1. The van der Waals surface area contributed by atoms with E-state index in [-0.39, 0.29) is 16.4 Å². The largest absolute Gasteiger partial charge is 0.320 e. The van der Waals surface area contributed by atoms with Crippen molar-refractivity contribution in [3.05, 3.63) is 50.2 Å². The van der Waals surface area contributed by atoms with Crippen LogP contribution >= 0.6 is 23.2 Å². The smallest absolute Gasteiger partial charge is 0.320 e. The third-order valence-corrected chi connectivity index (χ3v) is 3.25. The predicted octanol–water partition coefficient (Wildman–Crippen LogP) is 2.89. The Labute approximate surface area is 123 Å². The maximum absolute atomic E-state index is 12.1. The molecule has 1 N–H and O–H groups in total. The first-order valence-electron chi connectivity index (χ1n) is 5.33. The Hall–Kier alpha value is -2.12. The zero-order valence-electron chi connectivity index (χ0n) is 10.1. The second-order valence-electron chi connectivity index (χ2n) is 3.84. The summed E-state index contributed by atoms with van der Waals surface area (Å²) in [5, 5.41) is 17.6. The number of amides is 1. The van der Waals surface area contributed by atoms with Gasteiger partial charge in [-0.15, -0.1) is 0 Å². The number of nitrogens with one attached hydrogen (secondary N) is 1. The van der Waals surface area contributed by atoms with Crippen LogP contribution in [-0.2, 0) is 7.05 Å². The summed E-state index contributed by atoms with van der Waals surface area (Å²) >= 11 is 11.6. The molecule has 1 aromatic heterocycles. The fourth-order valence-corrected chi connectivity index (χ4v) is 1.89. The van der Waals surface area contributed by atoms with E-state index in [1.807, 2.05) is 0 Å². The van der Waals surface area contributed by atoms with Gasteiger partial charge in [-0.1, -0.05) is 23.2 Å². The van der Waals surface area contributed by atoms with Crippen LogP contribution in [0.15, 0.2) is 24.4 Å². The normalized spacial score (nSPS) is 10.3. The molecule has 0 unspecified atom stereocenters. The number of aromatic nitrogens is 2. The van der Waals surface area contributed by atoms with Gasteiger partial charge in [0.25, 0.3) is 5.91 Å². The van der Waals surface area contributed by atoms with Crippen LogP contribution in [0.4, 0.5) is 11.4 Å². The molecule has 1 amide bonds. The molecule has 0 bridgehead atoms. The summed E-state index contributed by atoms with van der Waals surface area (Å²) in [6.45, 7) is 0. The lowest BCUT2D eigenvalue weighted by molar-refractivity contribution is -0.385. The number of carbonyl (C=O) groups excluding carboxylic acids is 1. The molecule has 0 atom stereocenters. The highest BCUT2D eigenvalue weighted by molar-refractivity contribution is 6.42. The maximum Gasteiger partial charge on any atom is 0.320 e. The van der Waals surface area contributed by atoms with Gasteiger partial charge in [-0.3, -0.25) is 19.6 Å². The second kappa shape index (κ2) is 5.48. The molecule has 0 fully saturated rings. The maximum atomic E-state index is 12.1. The number of carbonyl (C=O) groups is 1. The van der Waals surface area contributed by atoms with Gasteiger partial charge < -0.3 is 5.32 Å².